The number of carbonyl (C=O) groups excluding carboxylic acids is 3. The summed E-state index contributed by atoms with van der Waals surface area (Å²) in [5, 5.41) is 32.0. The van der Waals surface area contributed by atoms with Crippen LogP contribution >= 0.6 is 0 Å². The second kappa shape index (κ2) is 9.22. The molecule has 3 fully saturated rings. The SMILES string of the molecule is C[C@@H]1C[C@H]2[C@@H]3CCC4=CC(=O)C=C[C@]4(C)[C@@]3(F)[C@@H](O)C[C@]2(C)[C@@]1(O)C(=O)CO.NC(=O)c1cccnc1. The zero-order chi connectivity index (χ0) is 27.4. The van der Waals surface area contributed by atoms with Gasteiger partial charge < -0.3 is 21.1 Å². The molecule has 37 heavy (non-hydrogen) atoms. The fourth-order valence-electron chi connectivity index (χ4n) is 7.77. The van der Waals surface area contributed by atoms with E-state index in [2.05, 4.69) is 4.98 Å². The molecule has 0 spiro atoms. The van der Waals surface area contributed by atoms with Crippen LogP contribution in [0.4, 0.5) is 4.39 Å². The number of aromatic nitrogens is 1. The van der Waals surface area contributed by atoms with Gasteiger partial charge in [0.15, 0.2) is 17.2 Å². The lowest BCUT2D eigenvalue weighted by Gasteiger charge is -2.62. The molecule has 1 aromatic rings. The van der Waals surface area contributed by atoms with Gasteiger partial charge in [0.2, 0.25) is 5.91 Å². The third kappa shape index (κ3) is 3.73. The molecule has 0 aromatic carbocycles. The summed E-state index contributed by atoms with van der Waals surface area (Å²) in [7, 11) is 0. The van der Waals surface area contributed by atoms with E-state index in [-0.39, 0.29) is 18.1 Å². The molecule has 0 radical (unpaired) electrons. The Morgan fingerprint density at radius 2 is 1.97 bits per heavy atom. The predicted molar refractivity (Wildman–Crippen MR) is 133 cm³/mol. The molecule has 3 saturated carbocycles. The number of alkyl halides is 1. The molecule has 0 saturated heterocycles. The largest absolute Gasteiger partial charge is 0.390 e. The number of nitrogens with zero attached hydrogens (tertiary/aromatic N) is 1. The Hall–Kier alpha value is -2.75. The number of Topliss-reactive ketones (excluding diaryl/α,β-unsaturated/α-hetero) is 1. The number of fused-ring (bicyclic) bond motifs is 5. The summed E-state index contributed by atoms with van der Waals surface area (Å²) in [5.74, 6) is -2.56. The fraction of sp³-hybridized carbons (Fsp3) is 0.571. The minimum Gasteiger partial charge on any atom is -0.390 e. The van der Waals surface area contributed by atoms with Crippen molar-refractivity contribution in [2.75, 3.05) is 6.61 Å². The van der Waals surface area contributed by atoms with Gasteiger partial charge in [-0.25, -0.2) is 4.39 Å². The Balaban J connectivity index is 0.000000301. The molecule has 200 valence electrons. The molecular formula is C28H35FN2O6. The molecule has 8 atom stereocenters. The van der Waals surface area contributed by atoms with E-state index >= 15 is 4.39 Å². The van der Waals surface area contributed by atoms with Crippen LogP contribution in [0.3, 0.4) is 0 Å². The quantitative estimate of drug-likeness (QED) is 0.482. The van der Waals surface area contributed by atoms with Gasteiger partial charge >= 0.3 is 0 Å². The summed E-state index contributed by atoms with van der Waals surface area (Å²) in [4.78, 5) is 38.5. The molecule has 1 heterocycles. The monoisotopic (exact) mass is 514 g/mol. The number of primary amides is 1. The normalized spacial score (nSPS) is 41.9. The fourth-order valence-corrected chi connectivity index (χ4v) is 7.77. The number of halogens is 1. The summed E-state index contributed by atoms with van der Waals surface area (Å²) in [5.41, 5.74) is 0.208. The molecule has 1 aromatic heterocycles. The van der Waals surface area contributed by atoms with E-state index in [1.807, 2.05) is 0 Å². The van der Waals surface area contributed by atoms with E-state index in [1.54, 1.807) is 45.2 Å². The van der Waals surface area contributed by atoms with Gasteiger partial charge in [-0.15, -0.1) is 0 Å². The topological polar surface area (TPSA) is 151 Å². The van der Waals surface area contributed by atoms with E-state index in [1.165, 1.54) is 18.3 Å². The minimum absolute atomic E-state index is 0.0676. The van der Waals surface area contributed by atoms with Crippen molar-refractivity contribution < 1.29 is 34.1 Å². The number of allylic oxidation sites excluding steroid dienone is 4. The maximum atomic E-state index is 16.9. The van der Waals surface area contributed by atoms with E-state index in [4.69, 9.17) is 5.73 Å². The van der Waals surface area contributed by atoms with Crippen LogP contribution in [0.5, 0.6) is 0 Å². The Kier molecular flexibility index (Phi) is 6.80. The molecule has 4 aliphatic rings. The molecule has 5 rings (SSSR count). The van der Waals surface area contributed by atoms with E-state index in [0.717, 1.165) is 0 Å². The maximum Gasteiger partial charge on any atom is 0.250 e. The van der Waals surface area contributed by atoms with Crippen LogP contribution in [0.25, 0.3) is 0 Å². The first-order valence-corrected chi connectivity index (χ1v) is 12.6. The van der Waals surface area contributed by atoms with Gasteiger partial charge in [-0.3, -0.25) is 19.4 Å². The van der Waals surface area contributed by atoms with E-state index in [9.17, 15) is 29.7 Å². The van der Waals surface area contributed by atoms with Crippen molar-refractivity contribution in [2.24, 2.45) is 34.3 Å². The first-order chi connectivity index (χ1) is 17.3. The molecule has 9 heteroatoms. The second-order valence-electron chi connectivity index (χ2n) is 11.4. The highest BCUT2D eigenvalue weighted by molar-refractivity contribution is 6.01. The summed E-state index contributed by atoms with van der Waals surface area (Å²) in [6.07, 6.45) is 7.46. The van der Waals surface area contributed by atoms with Gasteiger partial charge in [-0.1, -0.05) is 25.5 Å². The number of ketones is 2. The third-order valence-electron chi connectivity index (χ3n) is 9.74. The molecule has 8 nitrogen and oxygen atoms in total. The number of aliphatic hydroxyl groups is 3. The minimum atomic E-state index is -1.98. The van der Waals surface area contributed by atoms with Crippen LogP contribution in [-0.4, -0.2) is 61.8 Å². The van der Waals surface area contributed by atoms with Gasteiger partial charge in [0, 0.05) is 29.1 Å². The van der Waals surface area contributed by atoms with Gasteiger partial charge in [0.1, 0.15) is 12.2 Å². The molecule has 4 aliphatic carbocycles. The average Bonchev–Trinajstić information content (AvgIpc) is 3.07. The predicted octanol–water partition coefficient (Wildman–Crippen LogP) is 2.08. The van der Waals surface area contributed by atoms with Crippen LogP contribution in [0.1, 0.15) is 56.8 Å². The summed E-state index contributed by atoms with van der Waals surface area (Å²) < 4.78 is 16.9. The summed E-state index contributed by atoms with van der Waals surface area (Å²) >= 11 is 0. The van der Waals surface area contributed by atoms with Crippen molar-refractivity contribution >= 4 is 17.5 Å². The summed E-state index contributed by atoms with van der Waals surface area (Å²) in [6, 6.07) is 3.29. The van der Waals surface area contributed by atoms with Crippen molar-refractivity contribution in [1.82, 2.24) is 4.98 Å². The zero-order valence-corrected chi connectivity index (χ0v) is 21.4. The summed E-state index contributed by atoms with van der Waals surface area (Å²) in [6.45, 7) is 4.48. The lowest BCUT2D eigenvalue weighted by atomic mass is 9.44. The maximum absolute atomic E-state index is 16.9. The number of carbonyl (C=O) groups is 3. The van der Waals surface area contributed by atoms with Gasteiger partial charge in [-0.05, 0) is 68.7 Å². The van der Waals surface area contributed by atoms with E-state index in [0.29, 0.717) is 30.4 Å². The van der Waals surface area contributed by atoms with Gasteiger partial charge in [0.25, 0.3) is 0 Å². The zero-order valence-electron chi connectivity index (χ0n) is 21.4. The van der Waals surface area contributed by atoms with Crippen LogP contribution in [0.2, 0.25) is 0 Å². The van der Waals surface area contributed by atoms with Crippen LogP contribution in [0.15, 0.2) is 48.3 Å². The van der Waals surface area contributed by atoms with Crippen LogP contribution in [0, 0.1) is 28.6 Å². The van der Waals surface area contributed by atoms with E-state index < -0.39 is 58.3 Å². The first-order valence-electron chi connectivity index (χ1n) is 12.6. The number of pyridine rings is 1. The Labute approximate surface area is 215 Å². The molecule has 1 amide bonds. The second-order valence-corrected chi connectivity index (χ2v) is 11.4. The van der Waals surface area contributed by atoms with Crippen molar-refractivity contribution in [3.63, 3.8) is 0 Å². The van der Waals surface area contributed by atoms with Gasteiger partial charge in [-0.2, -0.15) is 0 Å². The molecule has 0 bridgehead atoms. The highest BCUT2D eigenvalue weighted by Crippen LogP contribution is 2.70. The average molecular weight is 515 g/mol. The standard InChI is InChI=1S/C22H29FO5.C6H6N2O/c1-12-8-16-15-5-4-13-9-14(25)6-7-19(13,2)21(15,23)17(26)10-20(16,3)22(12,28)18(27)11-24;7-6(9)5-2-1-3-8-4-5/h6-7,9,12,15-17,24,26,28H,4-5,8,10-11H2,1-3H3;1-4H,(H2,7,9)/t12-,15+,16+,17+,19+,20+,21+,22+;/m1./s1. The number of amides is 1. The van der Waals surface area contributed by atoms with Crippen molar-refractivity contribution in [1.29, 1.82) is 0 Å². The van der Waals surface area contributed by atoms with Crippen molar-refractivity contribution in [3.8, 4) is 0 Å². The third-order valence-corrected chi connectivity index (χ3v) is 9.74. The Morgan fingerprint density at radius 1 is 1.27 bits per heavy atom. The van der Waals surface area contributed by atoms with Crippen molar-refractivity contribution in [2.45, 2.75) is 63.8 Å². The number of rotatable bonds is 3. The number of hydrogen-bond acceptors (Lipinski definition) is 7. The Morgan fingerprint density at radius 3 is 2.54 bits per heavy atom. The number of aliphatic hydroxyl groups excluding tert-OH is 2. The van der Waals surface area contributed by atoms with Gasteiger partial charge in [0.05, 0.1) is 11.7 Å². The smallest absolute Gasteiger partial charge is 0.250 e. The highest BCUT2D eigenvalue weighted by atomic mass is 19.1. The molecule has 0 unspecified atom stereocenters. The number of hydrogen-bond donors (Lipinski definition) is 4. The lowest BCUT2D eigenvalue weighted by Crippen LogP contribution is -2.69. The molecular weight excluding hydrogens is 479 g/mol. The molecule has 0 aliphatic heterocycles. The van der Waals surface area contributed by atoms with Crippen molar-refractivity contribution in [3.05, 3.63) is 53.9 Å². The highest BCUT2D eigenvalue weighted by Gasteiger charge is 2.75. The lowest BCUT2D eigenvalue weighted by molar-refractivity contribution is -0.219. The van der Waals surface area contributed by atoms with Crippen LogP contribution < -0.4 is 5.73 Å². The molecule has 5 N–H and O–H groups in total. The number of nitrogens with two attached hydrogens (primary N) is 1. The van der Waals surface area contributed by atoms with Crippen LogP contribution in [-0.2, 0) is 9.59 Å². The first kappa shape index (κ1) is 27.3. The Bertz CT molecular complexity index is 1170.